The van der Waals surface area contributed by atoms with Crippen molar-refractivity contribution in [2.45, 2.75) is 6.61 Å². The van der Waals surface area contributed by atoms with Crippen LogP contribution in [0.2, 0.25) is 0 Å². The number of ketones is 1. The van der Waals surface area contributed by atoms with Crippen LogP contribution in [0.25, 0.3) is 6.08 Å². The molecule has 0 saturated carbocycles. The molecule has 0 spiro atoms. The van der Waals surface area contributed by atoms with Crippen molar-refractivity contribution in [2.24, 2.45) is 5.16 Å². The maximum absolute atomic E-state index is 11.9. The average molecular weight is 263 g/mol. The van der Waals surface area contributed by atoms with Crippen molar-refractivity contribution in [3.8, 4) is 0 Å². The quantitative estimate of drug-likeness (QED) is 0.798. The summed E-state index contributed by atoms with van der Waals surface area (Å²) in [7, 11) is 0. The number of carbonyl (C=O) groups is 1. The molecule has 3 heteroatoms. The Bertz CT molecular complexity index is 687. The monoisotopic (exact) mass is 263 g/mol. The van der Waals surface area contributed by atoms with E-state index in [1.807, 2.05) is 54.6 Å². The van der Waals surface area contributed by atoms with Crippen LogP contribution in [0, 0.1) is 0 Å². The van der Waals surface area contributed by atoms with Crippen molar-refractivity contribution in [3.05, 3.63) is 77.4 Å². The average Bonchev–Trinajstić information content (AvgIpc) is 2.50. The van der Waals surface area contributed by atoms with Crippen LogP contribution in [-0.2, 0) is 16.2 Å². The number of fused-ring (bicyclic) bond motifs is 1. The van der Waals surface area contributed by atoms with Crippen LogP contribution >= 0.6 is 0 Å². The molecule has 1 aliphatic rings. The Kier molecular flexibility index (Phi) is 3.42. The van der Waals surface area contributed by atoms with Crippen LogP contribution in [0.1, 0.15) is 16.7 Å². The predicted molar refractivity (Wildman–Crippen MR) is 78.3 cm³/mol. The van der Waals surface area contributed by atoms with Gasteiger partial charge in [0.25, 0.3) is 0 Å². The Morgan fingerprint density at radius 2 is 1.65 bits per heavy atom. The van der Waals surface area contributed by atoms with E-state index in [9.17, 15) is 4.79 Å². The molecule has 20 heavy (non-hydrogen) atoms. The number of hydrogen-bond acceptors (Lipinski definition) is 3. The van der Waals surface area contributed by atoms with E-state index in [0.29, 0.717) is 12.3 Å². The van der Waals surface area contributed by atoms with E-state index in [0.717, 1.165) is 16.7 Å². The Morgan fingerprint density at radius 3 is 2.50 bits per heavy atom. The molecule has 0 aliphatic heterocycles. The van der Waals surface area contributed by atoms with Crippen molar-refractivity contribution in [2.75, 3.05) is 0 Å². The maximum Gasteiger partial charge on any atom is 0.208 e. The first-order chi connectivity index (χ1) is 9.84. The lowest BCUT2D eigenvalue weighted by molar-refractivity contribution is -0.109. The molecule has 0 aromatic heterocycles. The molecular formula is C17H13NO2. The van der Waals surface area contributed by atoms with E-state index in [4.69, 9.17) is 4.84 Å². The Labute approximate surface area is 117 Å². The van der Waals surface area contributed by atoms with Crippen molar-refractivity contribution in [1.82, 2.24) is 0 Å². The van der Waals surface area contributed by atoms with E-state index in [-0.39, 0.29) is 5.78 Å². The lowest BCUT2D eigenvalue weighted by atomic mass is 9.95. The molecule has 1 aliphatic carbocycles. The second-order valence-corrected chi connectivity index (χ2v) is 4.48. The highest BCUT2D eigenvalue weighted by atomic mass is 16.6. The van der Waals surface area contributed by atoms with Crippen LogP contribution in [0.15, 0.2) is 65.8 Å². The van der Waals surface area contributed by atoms with E-state index in [2.05, 4.69) is 5.16 Å². The summed E-state index contributed by atoms with van der Waals surface area (Å²) in [6.07, 6.45) is 3.32. The summed E-state index contributed by atoms with van der Waals surface area (Å²) in [5.74, 6) is -0.128. The Morgan fingerprint density at radius 1 is 0.900 bits per heavy atom. The fraction of sp³-hybridized carbons (Fsp3) is 0.0588. The highest BCUT2D eigenvalue weighted by Gasteiger charge is 2.19. The molecule has 0 amide bonds. The Hall–Kier alpha value is -2.68. The molecule has 0 bridgehead atoms. The zero-order chi connectivity index (χ0) is 13.8. The minimum atomic E-state index is -0.128. The molecule has 0 fully saturated rings. The SMILES string of the molecule is O=C1C=Cc2ccccc2/C1=N\OCc1ccccc1. The topological polar surface area (TPSA) is 38.7 Å². The van der Waals surface area contributed by atoms with E-state index < -0.39 is 0 Å². The molecular weight excluding hydrogens is 250 g/mol. The number of oxime groups is 1. The van der Waals surface area contributed by atoms with E-state index in [1.54, 1.807) is 6.08 Å². The lowest BCUT2D eigenvalue weighted by Crippen LogP contribution is -2.18. The molecule has 0 saturated heterocycles. The van der Waals surface area contributed by atoms with E-state index in [1.165, 1.54) is 6.08 Å². The third-order valence-corrected chi connectivity index (χ3v) is 3.09. The standard InChI is InChI=1S/C17H13NO2/c19-16-11-10-14-8-4-5-9-15(14)17(16)18-20-12-13-6-2-1-3-7-13/h1-11H,12H2/b18-17+. The summed E-state index contributed by atoms with van der Waals surface area (Å²) in [4.78, 5) is 17.2. The van der Waals surface area contributed by atoms with Crippen LogP contribution in [0.5, 0.6) is 0 Å². The molecule has 3 rings (SSSR count). The molecule has 2 aromatic rings. The van der Waals surface area contributed by atoms with Gasteiger partial charge in [0.05, 0.1) is 0 Å². The minimum absolute atomic E-state index is 0.128. The second kappa shape index (κ2) is 5.53. The fourth-order valence-electron chi connectivity index (χ4n) is 2.07. The van der Waals surface area contributed by atoms with Gasteiger partial charge in [0.2, 0.25) is 5.78 Å². The van der Waals surface area contributed by atoms with Gasteiger partial charge in [-0.05, 0) is 17.2 Å². The first-order valence-electron chi connectivity index (χ1n) is 6.40. The van der Waals surface area contributed by atoms with Crippen molar-refractivity contribution in [3.63, 3.8) is 0 Å². The van der Waals surface area contributed by atoms with Crippen molar-refractivity contribution in [1.29, 1.82) is 0 Å². The third-order valence-electron chi connectivity index (χ3n) is 3.09. The summed E-state index contributed by atoms with van der Waals surface area (Å²) < 4.78 is 0. The molecule has 0 radical (unpaired) electrons. The summed E-state index contributed by atoms with van der Waals surface area (Å²) in [5, 5.41) is 4.02. The van der Waals surface area contributed by atoms with Gasteiger partial charge in [-0.3, -0.25) is 4.79 Å². The van der Waals surface area contributed by atoms with Crippen LogP contribution in [0.4, 0.5) is 0 Å². The van der Waals surface area contributed by atoms with E-state index >= 15 is 0 Å². The highest BCUT2D eigenvalue weighted by Crippen LogP contribution is 2.18. The zero-order valence-corrected chi connectivity index (χ0v) is 10.8. The van der Waals surface area contributed by atoms with Crippen LogP contribution in [-0.4, -0.2) is 11.5 Å². The molecule has 0 heterocycles. The second-order valence-electron chi connectivity index (χ2n) is 4.48. The number of rotatable bonds is 3. The van der Waals surface area contributed by atoms with Gasteiger partial charge >= 0.3 is 0 Å². The van der Waals surface area contributed by atoms with Gasteiger partial charge in [-0.25, -0.2) is 0 Å². The van der Waals surface area contributed by atoms with Gasteiger partial charge in [0, 0.05) is 5.56 Å². The minimum Gasteiger partial charge on any atom is -0.390 e. The molecule has 0 unspecified atom stereocenters. The molecule has 3 nitrogen and oxygen atoms in total. The van der Waals surface area contributed by atoms with Gasteiger partial charge in [-0.1, -0.05) is 65.8 Å². The molecule has 0 N–H and O–H groups in total. The predicted octanol–water partition coefficient (Wildman–Crippen LogP) is 3.20. The largest absolute Gasteiger partial charge is 0.390 e. The van der Waals surface area contributed by atoms with Gasteiger partial charge in [0.15, 0.2) is 5.71 Å². The van der Waals surface area contributed by atoms with Crippen LogP contribution in [0.3, 0.4) is 0 Å². The number of allylic oxidation sites excluding steroid dienone is 1. The molecule has 2 aromatic carbocycles. The highest BCUT2D eigenvalue weighted by molar-refractivity contribution is 6.52. The smallest absolute Gasteiger partial charge is 0.208 e. The summed E-state index contributed by atoms with van der Waals surface area (Å²) in [6.45, 7) is 0.351. The maximum atomic E-state index is 11.9. The van der Waals surface area contributed by atoms with Gasteiger partial charge < -0.3 is 4.84 Å². The first-order valence-corrected chi connectivity index (χ1v) is 6.40. The normalized spacial score (nSPS) is 15.2. The fourth-order valence-corrected chi connectivity index (χ4v) is 2.07. The van der Waals surface area contributed by atoms with Crippen molar-refractivity contribution < 1.29 is 9.63 Å². The number of hydrogen-bond donors (Lipinski definition) is 0. The van der Waals surface area contributed by atoms with Gasteiger partial charge in [-0.2, -0.15) is 0 Å². The van der Waals surface area contributed by atoms with Crippen LogP contribution < -0.4 is 0 Å². The molecule has 98 valence electrons. The molecule has 0 atom stereocenters. The number of benzene rings is 2. The number of nitrogens with zero attached hydrogens (tertiary/aromatic N) is 1. The summed E-state index contributed by atoms with van der Waals surface area (Å²) in [6, 6.07) is 17.4. The summed E-state index contributed by atoms with van der Waals surface area (Å²) in [5.41, 5.74) is 3.17. The van der Waals surface area contributed by atoms with Gasteiger partial charge in [0.1, 0.15) is 6.61 Å². The summed E-state index contributed by atoms with van der Waals surface area (Å²) >= 11 is 0. The third kappa shape index (κ3) is 2.52. The first kappa shape index (κ1) is 12.4. The van der Waals surface area contributed by atoms with Crippen molar-refractivity contribution >= 4 is 17.6 Å². The number of carbonyl (C=O) groups excluding carboxylic acids is 1. The Balaban J connectivity index is 1.81. The zero-order valence-electron chi connectivity index (χ0n) is 10.8. The van der Waals surface area contributed by atoms with Gasteiger partial charge in [-0.15, -0.1) is 0 Å². The lowest BCUT2D eigenvalue weighted by Gasteiger charge is -2.11.